The molecular weight excluding hydrogens is 206 g/mol. The molecule has 0 aliphatic rings. The van der Waals surface area contributed by atoms with E-state index in [9.17, 15) is 0 Å². The molecule has 0 aliphatic heterocycles. The van der Waals surface area contributed by atoms with Crippen LogP contribution in [0, 0.1) is 0 Å². The Morgan fingerprint density at radius 1 is 0.667 bits per heavy atom. The van der Waals surface area contributed by atoms with Crippen molar-refractivity contribution in [1.82, 2.24) is 0 Å². The van der Waals surface area contributed by atoms with Gasteiger partial charge in [-0.05, 0) is 0 Å². The van der Waals surface area contributed by atoms with Gasteiger partial charge in [0.15, 0.2) is 0 Å². The van der Waals surface area contributed by atoms with Crippen molar-refractivity contribution in [3.63, 3.8) is 0 Å². The summed E-state index contributed by atoms with van der Waals surface area (Å²) in [7, 11) is 4.49. The zero-order valence-corrected chi connectivity index (χ0v) is 5.00. The average molecular weight is 214 g/mol. The van der Waals surface area contributed by atoms with E-state index in [-0.39, 0.29) is 21.9 Å². The van der Waals surface area contributed by atoms with E-state index in [1.807, 2.05) is 0 Å². The van der Waals surface area contributed by atoms with E-state index in [0.717, 1.165) is 0 Å². The minimum atomic E-state index is 0. The molecule has 0 spiro atoms. The minimum absolute atomic E-state index is 0. The van der Waals surface area contributed by atoms with E-state index in [0.29, 0.717) is 0 Å². The third kappa shape index (κ3) is 110. The molecule has 0 aliphatic carbocycles. The number of halogens is 1. The molecule has 0 radical (unpaired) electrons. The zero-order chi connectivity index (χ0) is 2.00. The van der Waals surface area contributed by atoms with Crippen LogP contribution < -0.4 is 0 Å². The van der Waals surface area contributed by atoms with Crippen molar-refractivity contribution in [2.24, 2.45) is 0 Å². The third-order valence-corrected chi connectivity index (χ3v) is 0. The molecule has 0 saturated carbocycles. The first-order chi connectivity index (χ1) is 1.00. The topological polar surface area (TPSA) is 126 Å². The molecule has 0 unspecified atom stereocenters. The normalized spacial score (nSPS) is 1.17. The van der Waals surface area contributed by atoms with Gasteiger partial charge in [0.1, 0.15) is 0 Å². The van der Waals surface area contributed by atoms with Crippen LogP contribution in [-0.2, 0) is 18.2 Å². The van der Waals surface area contributed by atoms with Crippen LogP contribution in [0.1, 0.15) is 0 Å². The predicted molar refractivity (Wildman–Crippen MR) is 20.3 cm³/mol. The van der Waals surface area contributed by atoms with Crippen LogP contribution in [0.25, 0.3) is 0 Å². The van der Waals surface area contributed by atoms with Crippen LogP contribution in [0.4, 0.5) is 0 Å². The number of hydrogen-bond acceptors (Lipinski definition) is 0. The Bertz CT molecular complexity index is 7.51. The molecule has 0 rings (SSSR count). The molecule has 49 valence electrons. The Morgan fingerprint density at radius 3 is 0.667 bits per heavy atom. The molecule has 0 aromatic rings. The molecule has 0 saturated heterocycles. The van der Waals surface area contributed by atoms with Crippen molar-refractivity contribution in [2.45, 2.75) is 0 Å². The third-order valence-electron chi connectivity index (χ3n) is 0. The van der Waals surface area contributed by atoms with Crippen molar-refractivity contribution >= 4 is 9.53 Å². The van der Waals surface area contributed by atoms with Gasteiger partial charge in [-0.25, -0.2) is 0 Å². The predicted octanol–water partition coefficient (Wildman–Crippen LogP) is -2.61. The summed E-state index contributed by atoms with van der Waals surface area (Å²) in [5.74, 6) is 0. The molecule has 6 heteroatoms. The number of hydrogen-bond donors (Lipinski definition) is 0. The van der Waals surface area contributed by atoms with Gasteiger partial charge in [-0.2, -0.15) is 0 Å². The Balaban J connectivity index is -0.000000000833. The van der Waals surface area contributed by atoms with E-state index in [1.54, 1.807) is 0 Å². The molecule has 4 nitrogen and oxygen atoms in total. The first-order valence-corrected chi connectivity index (χ1v) is 2.12. The first kappa shape index (κ1) is 70.9. The fraction of sp³-hybridized carbons (Fsp3) is 0. The van der Waals surface area contributed by atoms with Gasteiger partial charge < -0.3 is 21.9 Å². The van der Waals surface area contributed by atoms with E-state index >= 15 is 0 Å². The van der Waals surface area contributed by atoms with Crippen LogP contribution in [-0.4, -0.2) is 21.9 Å². The van der Waals surface area contributed by atoms with E-state index in [1.165, 1.54) is 0 Å². The second-order valence-corrected chi connectivity index (χ2v) is 0. The van der Waals surface area contributed by atoms with Gasteiger partial charge in [0.05, 0.1) is 0 Å². The molecule has 0 bridgehead atoms. The average Bonchev–Trinajstić information content (AvgIpc) is 1.00. The van der Waals surface area contributed by atoms with Gasteiger partial charge >= 0.3 is 27.7 Å². The summed E-state index contributed by atoms with van der Waals surface area (Å²) < 4.78 is 0. The summed E-state index contributed by atoms with van der Waals surface area (Å²) in [6, 6.07) is 0. The van der Waals surface area contributed by atoms with Gasteiger partial charge in [0, 0.05) is 0 Å². The van der Waals surface area contributed by atoms with Crippen molar-refractivity contribution in [1.29, 1.82) is 0 Å². The summed E-state index contributed by atoms with van der Waals surface area (Å²) in [4.78, 5) is 0. The van der Waals surface area contributed by atoms with Crippen molar-refractivity contribution in [2.75, 3.05) is 0 Å². The van der Waals surface area contributed by atoms with Gasteiger partial charge in [-0.15, -0.1) is 0 Å². The maximum absolute atomic E-state index is 4.49. The van der Waals surface area contributed by atoms with Crippen molar-refractivity contribution < 1.29 is 40.1 Å². The van der Waals surface area contributed by atoms with Gasteiger partial charge in [-0.1, -0.05) is 0 Å². The monoisotopic (exact) mass is 213 g/mol. The van der Waals surface area contributed by atoms with E-state index in [4.69, 9.17) is 0 Å². The Labute approximate surface area is 50.1 Å². The number of rotatable bonds is 0. The molecule has 0 aromatic heterocycles. The molecule has 6 heavy (non-hydrogen) atoms. The van der Waals surface area contributed by atoms with Crippen LogP contribution in [0.3, 0.4) is 0 Å². The zero-order valence-electron chi connectivity index (χ0n) is 2.69. The summed E-state index contributed by atoms with van der Waals surface area (Å²) in [6.07, 6.45) is 0. The molecule has 8 N–H and O–H groups in total. The Kier molecular flexibility index (Phi) is 2510. The summed E-state index contributed by atoms with van der Waals surface area (Å²) >= 11 is 2.22. The summed E-state index contributed by atoms with van der Waals surface area (Å²) in [5, 5.41) is 0. The van der Waals surface area contributed by atoms with E-state index in [2.05, 4.69) is 27.7 Å². The molecular formula is H8ClO4Pd. The SMILES string of the molecule is O.O.O.O.[Cl][Pd]. The van der Waals surface area contributed by atoms with Gasteiger partial charge in [0.2, 0.25) is 0 Å². The fourth-order valence-corrected chi connectivity index (χ4v) is 0. The summed E-state index contributed by atoms with van der Waals surface area (Å²) in [6.45, 7) is 0. The molecule has 0 fully saturated rings. The van der Waals surface area contributed by atoms with Crippen LogP contribution in [0.5, 0.6) is 0 Å². The first-order valence-electron chi connectivity index (χ1n) is 0.120. The molecule has 0 heterocycles. The van der Waals surface area contributed by atoms with Gasteiger partial charge in [-0.3, -0.25) is 0 Å². The quantitative estimate of drug-likeness (QED) is 0.391. The van der Waals surface area contributed by atoms with Gasteiger partial charge in [0.25, 0.3) is 0 Å². The Hall–Kier alpha value is 0.792. The molecule has 0 aromatic carbocycles. The Morgan fingerprint density at radius 2 is 0.667 bits per heavy atom. The van der Waals surface area contributed by atoms with E-state index < -0.39 is 0 Å². The van der Waals surface area contributed by atoms with Crippen LogP contribution in [0.2, 0.25) is 0 Å². The van der Waals surface area contributed by atoms with Crippen molar-refractivity contribution in [3.8, 4) is 0 Å². The maximum atomic E-state index is 4.49. The molecule has 0 amide bonds. The second-order valence-electron chi connectivity index (χ2n) is 0. The van der Waals surface area contributed by atoms with Crippen LogP contribution in [0.15, 0.2) is 0 Å². The van der Waals surface area contributed by atoms with Crippen molar-refractivity contribution in [3.05, 3.63) is 0 Å². The summed E-state index contributed by atoms with van der Waals surface area (Å²) in [5.41, 5.74) is 0. The van der Waals surface area contributed by atoms with Crippen LogP contribution >= 0.6 is 9.53 Å². The standard InChI is InChI=1S/ClH.4H2O.Pd/h1H;4*1H2;/q;;;;;+1/p-1. The molecule has 0 atom stereocenters. The fourth-order valence-electron chi connectivity index (χ4n) is 0. The second kappa shape index (κ2) is 212.